The minimum Gasteiger partial charge on any atom is -0.341 e. The number of hydrogen-bond donors (Lipinski definition) is 0. The first-order chi connectivity index (χ1) is 9.77. The Morgan fingerprint density at radius 3 is 1.70 bits per heavy atom. The Morgan fingerprint density at radius 1 is 0.750 bits per heavy atom. The topological polar surface area (TPSA) is 3.24 Å². The van der Waals surface area contributed by atoms with Crippen molar-refractivity contribution < 1.29 is 0 Å². The van der Waals surface area contributed by atoms with Crippen molar-refractivity contribution in [1.29, 1.82) is 0 Å². The Labute approximate surface area is 123 Å². The lowest BCUT2D eigenvalue weighted by molar-refractivity contribution is 0.540. The summed E-state index contributed by atoms with van der Waals surface area (Å²) in [6.45, 7) is 5.68. The van der Waals surface area contributed by atoms with Gasteiger partial charge in [0.15, 0.2) is 0 Å². The summed E-state index contributed by atoms with van der Waals surface area (Å²) in [5, 5.41) is 0. The molecule has 0 amide bonds. The zero-order valence-corrected chi connectivity index (χ0v) is 12.6. The number of unbranched alkanes of at least 4 members (excludes halogenated alkanes) is 1. The second-order valence-electron chi connectivity index (χ2n) is 5.71. The normalized spacial score (nSPS) is 10.8. The maximum Gasteiger partial charge on any atom is 0.0410 e. The minimum atomic E-state index is 0.803. The summed E-state index contributed by atoms with van der Waals surface area (Å²) < 4.78 is 0. The van der Waals surface area contributed by atoms with E-state index in [0.29, 0.717) is 0 Å². The third kappa shape index (κ3) is 4.41. The van der Waals surface area contributed by atoms with Gasteiger partial charge >= 0.3 is 0 Å². The highest BCUT2D eigenvalue weighted by molar-refractivity contribution is 5.62. The molecule has 0 radical (unpaired) electrons. The summed E-state index contributed by atoms with van der Waals surface area (Å²) in [4.78, 5) is 2.42. The quantitative estimate of drug-likeness (QED) is 0.586. The fourth-order valence-corrected chi connectivity index (χ4v) is 2.45. The smallest absolute Gasteiger partial charge is 0.0410 e. The van der Waals surface area contributed by atoms with E-state index in [9.17, 15) is 0 Å². The van der Waals surface area contributed by atoms with E-state index < -0.39 is 0 Å². The molecule has 0 N–H and O–H groups in total. The SMILES string of the molecule is CC(C)CCCCN(c1ccccc1)c1ccccc1. The van der Waals surface area contributed by atoms with Crippen LogP contribution in [0.2, 0.25) is 0 Å². The second-order valence-corrected chi connectivity index (χ2v) is 5.71. The van der Waals surface area contributed by atoms with Gasteiger partial charge in [0.25, 0.3) is 0 Å². The molecule has 0 fully saturated rings. The number of hydrogen-bond acceptors (Lipinski definition) is 1. The van der Waals surface area contributed by atoms with Crippen LogP contribution in [-0.4, -0.2) is 6.54 Å². The van der Waals surface area contributed by atoms with Gasteiger partial charge in [0.2, 0.25) is 0 Å². The first kappa shape index (κ1) is 14.6. The first-order valence-corrected chi connectivity index (χ1v) is 7.65. The highest BCUT2D eigenvalue weighted by Crippen LogP contribution is 2.25. The van der Waals surface area contributed by atoms with Gasteiger partial charge in [-0.25, -0.2) is 0 Å². The molecule has 0 bridgehead atoms. The third-order valence-corrected chi connectivity index (χ3v) is 3.55. The van der Waals surface area contributed by atoms with E-state index in [1.165, 1.54) is 30.6 Å². The molecule has 0 spiro atoms. The maximum absolute atomic E-state index is 2.42. The predicted octanol–water partition coefficient (Wildman–Crippen LogP) is 5.65. The lowest BCUT2D eigenvalue weighted by atomic mass is 10.1. The zero-order chi connectivity index (χ0) is 14.2. The molecule has 0 aliphatic carbocycles. The largest absolute Gasteiger partial charge is 0.341 e. The summed E-state index contributed by atoms with van der Waals surface area (Å²) in [5.74, 6) is 0.803. The van der Waals surface area contributed by atoms with E-state index in [-0.39, 0.29) is 0 Å². The molecule has 0 saturated carbocycles. The summed E-state index contributed by atoms with van der Waals surface area (Å²) in [6, 6.07) is 21.4. The Kier molecular flexibility index (Phi) is 5.67. The van der Waals surface area contributed by atoms with E-state index in [0.717, 1.165) is 12.5 Å². The fourth-order valence-electron chi connectivity index (χ4n) is 2.45. The van der Waals surface area contributed by atoms with Crippen molar-refractivity contribution in [2.75, 3.05) is 11.4 Å². The molecular formula is C19H25N. The Morgan fingerprint density at radius 2 is 1.25 bits per heavy atom. The summed E-state index contributed by atoms with van der Waals surface area (Å²) >= 11 is 0. The second kappa shape index (κ2) is 7.74. The predicted molar refractivity (Wildman–Crippen MR) is 88.6 cm³/mol. The van der Waals surface area contributed by atoms with Crippen molar-refractivity contribution >= 4 is 11.4 Å². The van der Waals surface area contributed by atoms with E-state index >= 15 is 0 Å². The van der Waals surface area contributed by atoms with Crippen LogP contribution >= 0.6 is 0 Å². The van der Waals surface area contributed by atoms with Gasteiger partial charge in [0.1, 0.15) is 0 Å². The summed E-state index contributed by atoms with van der Waals surface area (Å²) in [7, 11) is 0. The van der Waals surface area contributed by atoms with Gasteiger partial charge in [-0.3, -0.25) is 0 Å². The molecule has 0 aliphatic heterocycles. The average Bonchev–Trinajstić information content (AvgIpc) is 2.49. The molecular weight excluding hydrogens is 242 g/mol. The highest BCUT2D eigenvalue weighted by atomic mass is 15.1. The van der Waals surface area contributed by atoms with Crippen LogP contribution in [0.5, 0.6) is 0 Å². The van der Waals surface area contributed by atoms with E-state index in [1.54, 1.807) is 0 Å². The van der Waals surface area contributed by atoms with Gasteiger partial charge in [0.05, 0.1) is 0 Å². The average molecular weight is 267 g/mol. The van der Waals surface area contributed by atoms with Gasteiger partial charge in [-0.15, -0.1) is 0 Å². The van der Waals surface area contributed by atoms with Crippen molar-refractivity contribution in [2.45, 2.75) is 33.1 Å². The van der Waals surface area contributed by atoms with Crippen molar-refractivity contribution in [2.24, 2.45) is 5.92 Å². The molecule has 1 nitrogen and oxygen atoms in total. The molecule has 1 heteroatoms. The first-order valence-electron chi connectivity index (χ1n) is 7.65. The fraction of sp³-hybridized carbons (Fsp3) is 0.368. The lowest BCUT2D eigenvalue weighted by Crippen LogP contribution is -2.18. The number of anilines is 2. The van der Waals surface area contributed by atoms with E-state index in [2.05, 4.69) is 79.4 Å². The van der Waals surface area contributed by atoms with E-state index in [4.69, 9.17) is 0 Å². The molecule has 0 atom stereocenters. The number of benzene rings is 2. The van der Waals surface area contributed by atoms with Crippen LogP contribution in [0.3, 0.4) is 0 Å². The standard InChI is InChI=1S/C19H25N/c1-17(2)11-9-10-16-20(18-12-5-3-6-13-18)19-14-7-4-8-15-19/h3-8,12-15,17H,9-11,16H2,1-2H3. The Bertz CT molecular complexity index is 436. The van der Waals surface area contributed by atoms with Crippen LogP contribution in [0.15, 0.2) is 60.7 Å². The number of para-hydroxylation sites is 2. The molecule has 0 heterocycles. The van der Waals surface area contributed by atoms with Crippen molar-refractivity contribution in [1.82, 2.24) is 0 Å². The summed E-state index contributed by atoms with van der Waals surface area (Å²) in [5.41, 5.74) is 2.56. The molecule has 2 aromatic carbocycles. The maximum atomic E-state index is 2.42. The molecule has 0 unspecified atom stereocenters. The Balaban J connectivity index is 2.06. The van der Waals surface area contributed by atoms with Crippen LogP contribution in [0.25, 0.3) is 0 Å². The molecule has 0 aromatic heterocycles. The van der Waals surface area contributed by atoms with Crippen molar-refractivity contribution in [3.8, 4) is 0 Å². The molecule has 2 rings (SSSR count). The van der Waals surface area contributed by atoms with Crippen LogP contribution < -0.4 is 4.90 Å². The van der Waals surface area contributed by atoms with Gasteiger partial charge in [0, 0.05) is 17.9 Å². The van der Waals surface area contributed by atoms with E-state index in [1.807, 2.05) is 0 Å². The van der Waals surface area contributed by atoms with Gasteiger partial charge in [-0.1, -0.05) is 63.1 Å². The molecule has 0 aliphatic rings. The van der Waals surface area contributed by atoms with Crippen molar-refractivity contribution in [3.05, 3.63) is 60.7 Å². The molecule has 106 valence electrons. The van der Waals surface area contributed by atoms with Gasteiger partial charge < -0.3 is 4.90 Å². The number of rotatable bonds is 7. The van der Waals surface area contributed by atoms with Gasteiger partial charge in [-0.2, -0.15) is 0 Å². The lowest BCUT2D eigenvalue weighted by Gasteiger charge is -2.25. The molecule has 2 aromatic rings. The van der Waals surface area contributed by atoms with Crippen LogP contribution in [-0.2, 0) is 0 Å². The van der Waals surface area contributed by atoms with Crippen LogP contribution in [0.4, 0.5) is 11.4 Å². The molecule has 0 saturated heterocycles. The Hall–Kier alpha value is -1.76. The minimum absolute atomic E-state index is 0.803. The monoisotopic (exact) mass is 267 g/mol. The van der Waals surface area contributed by atoms with Crippen LogP contribution in [0, 0.1) is 5.92 Å². The summed E-state index contributed by atoms with van der Waals surface area (Å²) in [6.07, 6.45) is 3.85. The zero-order valence-electron chi connectivity index (χ0n) is 12.6. The number of nitrogens with zero attached hydrogens (tertiary/aromatic N) is 1. The highest BCUT2D eigenvalue weighted by Gasteiger charge is 2.08. The molecule has 20 heavy (non-hydrogen) atoms. The van der Waals surface area contributed by atoms with Crippen LogP contribution in [0.1, 0.15) is 33.1 Å². The third-order valence-electron chi connectivity index (χ3n) is 3.55. The van der Waals surface area contributed by atoms with Gasteiger partial charge in [-0.05, 0) is 36.6 Å². The van der Waals surface area contributed by atoms with Crippen molar-refractivity contribution in [3.63, 3.8) is 0 Å².